The van der Waals surface area contributed by atoms with Crippen LogP contribution in [-0.4, -0.2) is 40.8 Å². The van der Waals surface area contributed by atoms with E-state index in [1.54, 1.807) is 11.9 Å². The normalized spacial score (nSPS) is 18.4. The Hall–Kier alpha value is -2.47. The molecule has 1 aromatic rings. The van der Waals surface area contributed by atoms with Crippen molar-refractivity contribution >= 4 is 28.2 Å². The maximum absolute atomic E-state index is 12.8. The second-order valence-corrected chi connectivity index (χ2v) is 8.21. The largest absolute Gasteiger partial charge is 0.352 e. The van der Waals surface area contributed by atoms with Gasteiger partial charge in [0, 0.05) is 19.1 Å². The van der Waals surface area contributed by atoms with Crippen LogP contribution >= 0.6 is 11.3 Å². The van der Waals surface area contributed by atoms with Crippen LogP contribution in [0, 0.1) is 21.4 Å². The van der Waals surface area contributed by atoms with Crippen molar-refractivity contribution in [1.29, 1.82) is 5.26 Å². The number of nitro groups is 1. The van der Waals surface area contributed by atoms with Crippen LogP contribution in [0.2, 0.25) is 0 Å². The Kier molecular flexibility index (Phi) is 5.75. The fourth-order valence-corrected chi connectivity index (χ4v) is 4.43. The minimum atomic E-state index is -1.29. The molecule has 0 radical (unpaired) electrons. The van der Waals surface area contributed by atoms with Crippen LogP contribution in [0.25, 0.3) is 0 Å². The molecule has 1 heterocycles. The summed E-state index contributed by atoms with van der Waals surface area (Å²) >= 11 is 0.742. The van der Waals surface area contributed by atoms with Gasteiger partial charge in [-0.1, -0.05) is 30.6 Å². The van der Waals surface area contributed by atoms with Crippen molar-refractivity contribution in [2.75, 3.05) is 7.05 Å². The first-order valence-electron chi connectivity index (χ1n) is 9.17. The minimum absolute atomic E-state index is 0.00560. The van der Waals surface area contributed by atoms with Gasteiger partial charge in [-0.15, -0.1) is 0 Å². The van der Waals surface area contributed by atoms with Crippen molar-refractivity contribution in [3.8, 4) is 6.07 Å². The molecule has 1 atom stereocenters. The summed E-state index contributed by atoms with van der Waals surface area (Å²) < 4.78 is 0. The Morgan fingerprint density at radius 1 is 1.33 bits per heavy atom. The number of nitriles is 1. The summed E-state index contributed by atoms with van der Waals surface area (Å²) in [7, 11) is 1.71. The van der Waals surface area contributed by atoms with E-state index in [0.29, 0.717) is 0 Å². The first-order chi connectivity index (χ1) is 12.9. The van der Waals surface area contributed by atoms with Crippen molar-refractivity contribution < 1.29 is 14.5 Å². The predicted octanol–water partition coefficient (Wildman–Crippen LogP) is 2.95. The molecule has 2 fully saturated rings. The van der Waals surface area contributed by atoms with E-state index in [-0.39, 0.29) is 33.4 Å². The molecule has 0 bridgehead atoms. The highest BCUT2D eigenvalue weighted by Crippen LogP contribution is 2.37. The smallest absolute Gasteiger partial charge is 0.329 e. The molecule has 1 unspecified atom stereocenters. The van der Waals surface area contributed by atoms with Crippen LogP contribution in [0.15, 0.2) is 6.07 Å². The zero-order chi connectivity index (χ0) is 19.6. The molecule has 2 aliphatic carbocycles. The van der Waals surface area contributed by atoms with E-state index in [2.05, 4.69) is 5.32 Å². The monoisotopic (exact) mass is 390 g/mol. The number of thiophene rings is 1. The molecule has 27 heavy (non-hydrogen) atoms. The van der Waals surface area contributed by atoms with E-state index in [9.17, 15) is 25.0 Å². The molecule has 0 spiro atoms. The molecule has 0 aromatic carbocycles. The molecular weight excluding hydrogens is 368 g/mol. The lowest BCUT2D eigenvalue weighted by atomic mass is 9.94. The van der Waals surface area contributed by atoms with Gasteiger partial charge in [0.15, 0.2) is 5.92 Å². The van der Waals surface area contributed by atoms with Crippen LogP contribution in [0.5, 0.6) is 0 Å². The highest BCUT2D eigenvalue weighted by Gasteiger charge is 2.36. The lowest BCUT2D eigenvalue weighted by molar-refractivity contribution is -0.380. The zero-order valence-electron chi connectivity index (χ0n) is 15.1. The number of rotatable bonds is 6. The van der Waals surface area contributed by atoms with Gasteiger partial charge in [0.05, 0.1) is 21.4 Å². The molecule has 9 heteroatoms. The molecular formula is C18H22N4O4S. The molecule has 1 N–H and O–H groups in total. The molecule has 0 aliphatic heterocycles. The highest BCUT2D eigenvalue weighted by atomic mass is 32.1. The molecule has 2 amide bonds. The third-order valence-corrected chi connectivity index (χ3v) is 6.28. The Labute approximate surface area is 161 Å². The van der Waals surface area contributed by atoms with Gasteiger partial charge >= 0.3 is 5.00 Å². The number of hydrogen-bond acceptors (Lipinski definition) is 6. The molecule has 8 nitrogen and oxygen atoms in total. The van der Waals surface area contributed by atoms with Crippen molar-refractivity contribution in [3.63, 3.8) is 0 Å². The quantitative estimate of drug-likeness (QED) is 0.592. The lowest BCUT2D eigenvalue weighted by Crippen LogP contribution is -2.37. The van der Waals surface area contributed by atoms with Crippen molar-refractivity contribution in [1.82, 2.24) is 10.2 Å². The maximum atomic E-state index is 12.8. The minimum Gasteiger partial charge on any atom is -0.352 e. The van der Waals surface area contributed by atoms with Gasteiger partial charge in [0.25, 0.3) is 5.91 Å². The number of carbonyl (C=O) groups is 2. The first kappa shape index (κ1) is 19.3. The van der Waals surface area contributed by atoms with E-state index >= 15 is 0 Å². The number of amides is 2. The lowest BCUT2D eigenvalue weighted by Gasteiger charge is -2.30. The maximum Gasteiger partial charge on any atom is 0.329 e. The van der Waals surface area contributed by atoms with E-state index in [1.165, 1.54) is 6.07 Å². The summed E-state index contributed by atoms with van der Waals surface area (Å²) in [5, 5.41) is 23.3. The fourth-order valence-electron chi connectivity index (χ4n) is 3.44. The number of nitrogens with zero attached hydrogens (tertiary/aromatic N) is 3. The first-order valence-corrected chi connectivity index (χ1v) is 9.99. The Bertz CT molecular complexity index is 790. The number of carbonyl (C=O) groups excluding carboxylic acids is 2. The predicted molar refractivity (Wildman–Crippen MR) is 99.5 cm³/mol. The van der Waals surface area contributed by atoms with Crippen LogP contribution < -0.4 is 5.32 Å². The second kappa shape index (κ2) is 8.05. The summed E-state index contributed by atoms with van der Waals surface area (Å²) in [6, 6.07) is 3.38. The summed E-state index contributed by atoms with van der Waals surface area (Å²) in [4.78, 5) is 37.8. The summed E-state index contributed by atoms with van der Waals surface area (Å²) in [6.45, 7) is 0. The highest BCUT2D eigenvalue weighted by molar-refractivity contribution is 7.17. The SMILES string of the molecule is CN(C(=O)c1cc(C(C#N)C(=O)NC2CC2)c([N+](=O)[O-])s1)C1CCCCC1. The average molecular weight is 390 g/mol. The molecule has 2 saturated carbocycles. The van der Waals surface area contributed by atoms with Crippen LogP contribution in [-0.2, 0) is 4.79 Å². The topological polar surface area (TPSA) is 116 Å². The van der Waals surface area contributed by atoms with E-state index < -0.39 is 16.7 Å². The molecule has 1 aromatic heterocycles. The van der Waals surface area contributed by atoms with Crippen molar-refractivity contribution in [2.45, 2.75) is 62.9 Å². The molecule has 144 valence electrons. The van der Waals surface area contributed by atoms with Crippen LogP contribution in [0.3, 0.4) is 0 Å². The summed E-state index contributed by atoms with van der Waals surface area (Å²) in [5.41, 5.74) is 0.00560. The van der Waals surface area contributed by atoms with Gasteiger partial charge in [-0.05, 0) is 31.7 Å². The summed E-state index contributed by atoms with van der Waals surface area (Å²) in [6.07, 6.45) is 6.84. The summed E-state index contributed by atoms with van der Waals surface area (Å²) in [5.74, 6) is -2.12. The van der Waals surface area contributed by atoms with Gasteiger partial charge < -0.3 is 10.2 Å². The molecule has 0 saturated heterocycles. The van der Waals surface area contributed by atoms with Crippen LogP contribution in [0.4, 0.5) is 5.00 Å². The number of nitrogens with one attached hydrogen (secondary N) is 1. The third-order valence-electron chi connectivity index (χ3n) is 5.19. The molecule has 2 aliphatic rings. The van der Waals surface area contributed by atoms with Crippen LogP contribution in [0.1, 0.15) is 66.1 Å². The third kappa shape index (κ3) is 4.27. The van der Waals surface area contributed by atoms with Gasteiger partial charge in [0.2, 0.25) is 5.91 Å². The van der Waals surface area contributed by atoms with E-state index in [1.807, 2.05) is 6.07 Å². The van der Waals surface area contributed by atoms with Crippen molar-refractivity contribution in [3.05, 3.63) is 26.6 Å². The standard InChI is InChI=1S/C18H22N4O4S/c1-21(12-5-3-2-4-6-12)17(24)15-9-13(18(27-15)22(25)26)14(10-19)16(23)20-11-7-8-11/h9,11-12,14H,2-8H2,1H3,(H,20,23). The number of hydrogen-bond donors (Lipinski definition) is 1. The van der Waals surface area contributed by atoms with Gasteiger partial charge in [-0.2, -0.15) is 5.26 Å². The fraction of sp³-hybridized carbons (Fsp3) is 0.611. The van der Waals surface area contributed by atoms with Gasteiger partial charge in [-0.3, -0.25) is 19.7 Å². The Morgan fingerprint density at radius 2 is 2.00 bits per heavy atom. The average Bonchev–Trinajstić information content (AvgIpc) is 3.37. The van der Waals surface area contributed by atoms with E-state index in [4.69, 9.17) is 0 Å². The second-order valence-electron chi connectivity index (χ2n) is 7.18. The Balaban J connectivity index is 1.85. The zero-order valence-corrected chi connectivity index (χ0v) is 16.0. The van der Waals surface area contributed by atoms with Crippen molar-refractivity contribution in [2.24, 2.45) is 0 Å². The molecule has 3 rings (SSSR count). The Morgan fingerprint density at radius 3 is 2.56 bits per heavy atom. The van der Waals surface area contributed by atoms with Gasteiger partial charge in [0.1, 0.15) is 0 Å². The van der Waals surface area contributed by atoms with Gasteiger partial charge in [-0.25, -0.2) is 0 Å². The van der Waals surface area contributed by atoms with E-state index in [0.717, 1.165) is 56.3 Å².